The smallest absolute Gasteiger partial charge is 0.227 e. The van der Waals surface area contributed by atoms with Crippen molar-refractivity contribution in [1.82, 2.24) is 29.7 Å². The molecule has 0 radical (unpaired) electrons. The Labute approximate surface area is 130 Å². The van der Waals surface area contributed by atoms with Gasteiger partial charge in [-0.05, 0) is 18.2 Å². The van der Waals surface area contributed by atoms with E-state index >= 15 is 0 Å². The summed E-state index contributed by atoms with van der Waals surface area (Å²) >= 11 is 0. The molecular weight excluding hydrogens is 292 g/mol. The number of hydrogen-bond donors (Lipinski definition) is 2. The van der Waals surface area contributed by atoms with Crippen LogP contribution in [0.3, 0.4) is 0 Å². The zero-order valence-corrected chi connectivity index (χ0v) is 11.8. The number of nitrogens with zero attached hydrogens (tertiary/aromatic N) is 6. The van der Waals surface area contributed by atoms with Gasteiger partial charge < -0.3 is 10.3 Å². The Morgan fingerprint density at radius 1 is 1.17 bits per heavy atom. The third-order valence-electron chi connectivity index (χ3n) is 3.29. The summed E-state index contributed by atoms with van der Waals surface area (Å²) in [5, 5.41) is 16.2. The van der Waals surface area contributed by atoms with Gasteiger partial charge in [0.15, 0.2) is 0 Å². The van der Waals surface area contributed by atoms with Crippen molar-refractivity contribution < 1.29 is 0 Å². The molecule has 2 N–H and O–H groups in total. The van der Waals surface area contributed by atoms with E-state index in [9.17, 15) is 0 Å². The van der Waals surface area contributed by atoms with Crippen molar-refractivity contribution in [3.8, 4) is 11.8 Å². The number of aromatic nitrogens is 6. The number of hydrogen-bond acceptors (Lipinski definition) is 6. The van der Waals surface area contributed by atoms with E-state index in [1.165, 1.54) is 12.4 Å². The second kappa shape index (κ2) is 5.23. The SMILES string of the molecule is N#Cc1cnc(Nc2cc(-n3cccn3)c3nc[nH]c3c2)nc1. The molecule has 0 fully saturated rings. The Morgan fingerprint density at radius 3 is 2.78 bits per heavy atom. The fraction of sp³-hybridized carbons (Fsp3) is 0. The molecule has 0 bridgehead atoms. The minimum atomic E-state index is 0.411. The maximum atomic E-state index is 8.78. The lowest BCUT2D eigenvalue weighted by molar-refractivity contribution is 0.886. The first-order valence-corrected chi connectivity index (χ1v) is 6.80. The third-order valence-corrected chi connectivity index (χ3v) is 3.29. The molecule has 0 aliphatic carbocycles. The normalized spacial score (nSPS) is 10.6. The fourth-order valence-electron chi connectivity index (χ4n) is 2.27. The van der Waals surface area contributed by atoms with E-state index in [-0.39, 0.29) is 0 Å². The summed E-state index contributed by atoms with van der Waals surface area (Å²) in [6.07, 6.45) is 8.14. The van der Waals surface area contributed by atoms with Gasteiger partial charge in [-0.1, -0.05) is 0 Å². The van der Waals surface area contributed by atoms with Gasteiger partial charge in [-0.2, -0.15) is 10.4 Å². The zero-order chi connectivity index (χ0) is 15.6. The molecule has 1 aromatic carbocycles. The lowest BCUT2D eigenvalue weighted by Crippen LogP contribution is -2.00. The quantitative estimate of drug-likeness (QED) is 0.600. The van der Waals surface area contributed by atoms with E-state index in [1.807, 2.05) is 30.5 Å². The summed E-state index contributed by atoms with van der Waals surface area (Å²) in [4.78, 5) is 15.6. The van der Waals surface area contributed by atoms with Gasteiger partial charge in [-0.25, -0.2) is 19.6 Å². The van der Waals surface area contributed by atoms with Crippen molar-refractivity contribution >= 4 is 22.7 Å². The van der Waals surface area contributed by atoms with Crippen LogP contribution in [0.1, 0.15) is 5.56 Å². The lowest BCUT2D eigenvalue weighted by atomic mass is 10.2. The van der Waals surface area contributed by atoms with E-state index in [0.29, 0.717) is 11.5 Å². The average molecular weight is 302 g/mol. The van der Waals surface area contributed by atoms with Crippen LogP contribution in [0.15, 0.2) is 49.3 Å². The van der Waals surface area contributed by atoms with Gasteiger partial charge in [0, 0.05) is 18.1 Å². The Morgan fingerprint density at radius 2 is 2.04 bits per heavy atom. The number of anilines is 2. The molecule has 8 heteroatoms. The lowest BCUT2D eigenvalue weighted by Gasteiger charge is -2.08. The number of rotatable bonds is 3. The van der Waals surface area contributed by atoms with Gasteiger partial charge in [0.25, 0.3) is 0 Å². The van der Waals surface area contributed by atoms with Gasteiger partial charge in [0.05, 0.1) is 35.5 Å². The number of nitrogens with one attached hydrogen (secondary N) is 2. The molecule has 0 spiro atoms. The highest BCUT2D eigenvalue weighted by atomic mass is 15.3. The minimum Gasteiger partial charge on any atom is -0.344 e. The van der Waals surface area contributed by atoms with Gasteiger partial charge in [0.1, 0.15) is 11.6 Å². The number of nitriles is 1. The van der Waals surface area contributed by atoms with Crippen LogP contribution in [-0.2, 0) is 0 Å². The molecule has 23 heavy (non-hydrogen) atoms. The van der Waals surface area contributed by atoms with Crippen LogP contribution in [-0.4, -0.2) is 29.7 Å². The van der Waals surface area contributed by atoms with Crippen LogP contribution >= 0.6 is 0 Å². The van der Waals surface area contributed by atoms with Crippen LogP contribution < -0.4 is 5.32 Å². The third kappa shape index (κ3) is 2.36. The predicted octanol–water partition coefficient (Wildman–Crippen LogP) is 2.15. The fourth-order valence-corrected chi connectivity index (χ4v) is 2.27. The Balaban J connectivity index is 1.76. The Bertz CT molecular complexity index is 992. The minimum absolute atomic E-state index is 0.411. The highest BCUT2D eigenvalue weighted by Gasteiger charge is 2.09. The highest BCUT2D eigenvalue weighted by Crippen LogP contribution is 2.25. The molecule has 0 saturated carbocycles. The average Bonchev–Trinajstić information content (AvgIpc) is 3.26. The van der Waals surface area contributed by atoms with Gasteiger partial charge in [-0.3, -0.25) is 0 Å². The molecule has 3 aromatic heterocycles. The molecule has 4 aromatic rings. The molecular formula is C15H10N8. The molecule has 0 saturated heterocycles. The van der Waals surface area contributed by atoms with Crippen molar-refractivity contribution in [3.63, 3.8) is 0 Å². The van der Waals surface area contributed by atoms with Crippen molar-refractivity contribution in [2.45, 2.75) is 0 Å². The molecule has 0 atom stereocenters. The second-order valence-corrected chi connectivity index (χ2v) is 4.78. The number of aromatic amines is 1. The first kappa shape index (κ1) is 13.0. The monoisotopic (exact) mass is 302 g/mol. The van der Waals surface area contributed by atoms with Gasteiger partial charge in [-0.15, -0.1) is 0 Å². The predicted molar refractivity (Wildman–Crippen MR) is 83.2 cm³/mol. The van der Waals surface area contributed by atoms with Crippen molar-refractivity contribution in [2.75, 3.05) is 5.32 Å². The zero-order valence-electron chi connectivity index (χ0n) is 11.8. The van der Waals surface area contributed by atoms with Crippen molar-refractivity contribution in [1.29, 1.82) is 5.26 Å². The molecule has 110 valence electrons. The van der Waals surface area contributed by atoms with Crippen LogP contribution in [0.25, 0.3) is 16.7 Å². The highest BCUT2D eigenvalue weighted by molar-refractivity contribution is 5.88. The van der Waals surface area contributed by atoms with E-state index in [1.54, 1.807) is 17.2 Å². The molecule has 8 nitrogen and oxygen atoms in total. The maximum Gasteiger partial charge on any atom is 0.227 e. The summed E-state index contributed by atoms with van der Waals surface area (Å²) < 4.78 is 1.74. The standard InChI is InChI=1S/C15H10N8/c16-6-10-7-17-15(18-8-10)22-11-4-12-14(20-9-19-12)13(5-11)23-3-1-2-21-23/h1-5,7-9H,(H,19,20)(H,17,18,22). The van der Waals surface area contributed by atoms with Gasteiger partial charge >= 0.3 is 0 Å². The van der Waals surface area contributed by atoms with Gasteiger partial charge in [0.2, 0.25) is 5.95 Å². The second-order valence-electron chi connectivity index (χ2n) is 4.78. The van der Waals surface area contributed by atoms with Crippen LogP contribution in [0, 0.1) is 11.3 Å². The number of fused-ring (bicyclic) bond motifs is 1. The summed E-state index contributed by atoms with van der Waals surface area (Å²) in [5.41, 5.74) is 3.73. The maximum absolute atomic E-state index is 8.78. The Kier molecular flexibility index (Phi) is 2.95. The van der Waals surface area contributed by atoms with Crippen LogP contribution in [0.2, 0.25) is 0 Å². The number of imidazole rings is 1. The molecule has 0 aliphatic heterocycles. The van der Waals surface area contributed by atoms with Crippen molar-refractivity contribution in [3.05, 3.63) is 54.9 Å². The van der Waals surface area contributed by atoms with E-state index in [4.69, 9.17) is 5.26 Å². The first-order valence-electron chi connectivity index (χ1n) is 6.80. The van der Waals surface area contributed by atoms with E-state index < -0.39 is 0 Å². The van der Waals surface area contributed by atoms with E-state index in [2.05, 4.69) is 30.4 Å². The summed E-state index contributed by atoms with van der Waals surface area (Å²) in [7, 11) is 0. The molecule has 0 aliphatic rings. The topological polar surface area (TPSA) is 108 Å². The van der Waals surface area contributed by atoms with Crippen LogP contribution in [0.4, 0.5) is 11.6 Å². The van der Waals surface area contributed by atoms with Crippen LogP contribution in [0.5, 0.6) is 0 Å². The summed E-state index contributed by atoms with van der Waals surface area (Å²) in [6.45, 7) is 0. The summed E-state index contributed by atoms with van der Waals surface area (Å²) in [6, 6.07) is 7.67. The molecule has 0 unspecified atom stereocenters. The molecule has 3 heterocycles. The first-order chi connectivity index (χ1) is 11.3. The van der Waals surface area contributed by atoms with E-state index in [0.717, 1.165) is 22.4 Å². The van der Waals surface area contributed by atoms with Crippen molar-refractivity contribution in [2.24, 2.45) is 0 Å². The molecule has 0 amide bonds. The summed E-state index contributed by atoms with van der Waals surface area (Å²) in [5.74, 6) is 0.411. The Hall–Kier alpha value is -3.73. The number of benzene rings is 1. The largest absolute Gasteiger partial charge is 0.344 e. The molecule has 4 rings (SSSR count). The number of H-pyrrole nitrogens is 1.